The van der Waals surface area contributed by atoms with Gasteiger partial charge in [0.2, 0.25) is 0 Å². The minimum atomic E-state index is 0.675. The van der Waals surface area contributed by atoms with Crippen LogP contribution in [0.4, 0.5) is 0 Å². The lowest BCUT2D eigenvalue weighted by Gasteiger charge is -2.11. The smallest absolute Gasteiger partial charge is 0.120 e. The first kappa shape index (κ1) is 9.78. The third-order valence-corrected chi connectivity index (χ3v) is 2.88. The maximum absolute atomic E-state index is 5.70. The van der Waals surface area contributed by atoms with Crippen LogP contribution in [0.15, 0.2) is 40.9 Å². The van der Waals surface area contributed by atoms with Crippen LogP contribution in [0.25, 0.3) is 0 Å². The van der Waals surface area contributed by atoms with Crippen LogP contribution in [0, 0.1) is 5.92 Å². The molecule has 0 N–H and O–H groups in total. The van der Waals surface area contributed by atoms with E-state index in [1.54, 1.807) is 0 Å². The molecule has 0 amide bonds. The average molecular weight is 253 g/mol. The van der Waals surface area contributed by atoms with Crippen molar-refractivity contribution in [3.8, 4) is 5.75 Å². The van der Waals surface area contributed by atoms with Crippen molar-refractivity contribution < 1.29 is 4.74 Å². The normalized spacial score (nSPS) is 16.1. The zero-order valence-electron chi connectivity index (χ0n) is 7.95. The maximum atomic E-state index is 5.70. The van der Waals surface area contributed by atoms with Crippen LogP contribution in [0.2, 0.25) is 0 Å². The van der Waals surface area contributed by atoms with Gasteiger partial charge in [0.25, 0.3) is 0 Å². The fraction of sp³-hybridized carbons (Fsp3) is 0.333. The van der Waals surface area contributed by atoms with Gasteiger partial charge in [-0.2, -0.15) is 0 Å². The summed E-state index contributed by atoms with van der Waals surface area (Å²) < 4.78 is 6.77. The summed E-state index contributed by atoms with van der Waals surface area (Å²) in [6.45, 7) is 0.823. The lowest BCUT2D eigenvalue weighted by atomic mass is 10.1. The van der Waals surface area contributed by atoms with E-state index >= 15 is 0 Å². The topological polar surface area (TPSA) is 9.23 Å². The molecule has 1 aliphatic rings. The third-order valence-electron chi connectivity index (χ3n) is 2.39. The molecule has 0 bridgehead atoms. The van der Waals surface area contributed by atoms with Crippen molar-refractivity contribution in [3.05, 3.63) is 40.9 Å². The first-order valence-corrected chi connectivity index (χ1v) is 5.67. The monoisotopic (exact) mass is 252 g/mol. The van der Waals surface area contributed by atoms with E-state index in [1.165, 1.54) is 0 Å². The second-order valence-electron chi connectivity index (χ2n) is 3.58. The van der Waals surface area contributed by atoms with Gasteiger partial charge in [-0.1, -0.05) is 34.1 Å². The van der Waals surface area contributed by atoms with Gasteiger partial charge in [-0.25, -0.2) is 0 Å². The highest BCUT2D eigenvalue weighted by Crippen LogP contribution is 2.21. The first-order valence-electron chi connectivity index (χ1n) is 4.88. The highest BCUT2D eigenvalue weighted by Gasteiger charge is 2.10. The van der Waals surface area contributed by atoms with E-state index in [1.807, 2.05) is 24.3 Å². The largest absolute Gasteiger partial charge is 0.493 e. The van der Waals surface area contributed by atoms with Gasteiger partial charge in [-0.05, 0) is 37.0 Å². The van der Waals surface area contributed by atoms with Crippen LogP contribution in [-0.4, -0.2) is 6.61 Å². The Labute approximate surface area is 92.9 Å². The number of hydrogen-bond acceptors (Lipinski definition) is 1. The van der Waals surface area contributed by atoms with E-state index < -0.39 is 0 Å². The standard InChI is InChI=1S/C12H13BrO/c13-11-6-3-7-12(8-11)14-9-10-4-1-2-5-10/h1-3,6-8,10H,4-5,9H2. The fourth-order valence-corrected chi connectivity index (χ4v) is 1.96. The van der Waals surface area contributed by atoms with Crippen LogP contribution >= 0.6 is 15.9 Å². The van der Waals surface area contributed by atoms with Gasteiger partial charge >= 0.3 is 0 Å². The molecule has 1 aliphatic carbocycles. The number of allylic oxidation sites excluding steroid dienone is 2. The Balaban J connectivity index is 1.85. The zero-order valence-corrected chi connectivity index (χ0v) is 9.53. The molecule has 0 spiro atoms. The molecule has 0 atom stereocenters. The van der Waals surface area contributed by atoms with Gasteiger partial charge in [0, 0.05) is 4.47 Å². The summed E-state index contributed by atoms with van der Waals surface area (Å²) in [6, 6.07) is 7.99. The van der Waals surface area contributed by atoms with Crippen molar-refractivity contribution in [3.63, 3.8) is 0 Å². The number of ether oxygens (including phenoxy) is 1. The SMILES string of the molecule is Brc1cccc(OCC2CC=CC2)c1. The molecular weight excluding hydrogens is 240 g/mol. The van der Waals surface area contributed by atoms with Crippen molar-refractivity contribution in [1.29, 1.82) is 0 Å². The molecule has 1 aromatic rings. The molecule has 1 nitrogen and oxygen atoms in total. The molecule has 0 aromatic heterocycles. The van der Waals surface area contributed by atoms with Crippen LogP contribution in [0.5, 0.6) is 5.75 Å². The van der Waals surface area contributed by atoms with Crippen molar-refractivity contribution >= 4 is 15.9 Å². The van der Waals surface area contributed by atoms with Crippen LogP contribution in [0.1, 0.15) is 12.8 Å². The molecule has 2 heteroatoms. The molecule has 74 valence electrons. The Kier molecular flexibility index (Phi) is 3.25. The maximum Gasteiger partial charge on any atom is 0.120 e. The Bertz CT molecular complexity index is 325. The first-order chi connectivity index (χ1) is 6.84. The second-order valence-corrected chi connectivity index (χ2v) is 4.49. The van der Waals surface area contributed by atoms with Crippen LogP contribution in [0.3, 0.4) is 0 Å². The highest BCUT2D eigenvalue weighted by atomic mass is 79.9. The van der Waals surface area contributed by atoms with Gasteiger partial charge in [-0.3, -0.25) is 0 Å². The minimum Gasteiger partial charge on any atom is -0.493 e. The van der Waals surface area contributed by atoms with E-state index in [2.05, 4.69) is 28.1 Å². The summed E-state index contributed by atoms with van der Waals surface area (Å²) in [7, 11) is 0. The van der Waals surface area contributed by atoms with Crippen molar-refractivity contribution in [2.24, 2.45) is 5.92 Å². The molecule has 0 aliphatic heterocycles. The molecule has 1 aromatic carbocycles. The summed E-state index contributed by atoms with van der Waals surface area (Å²) in [5.41, 5.74) is 0. The Morgan fingerprint density at radius 1 is 1.29 bits per heavy atom. The van der Waals surface area contributed by atoms with Crippen LogP contribution in [-0.2, 0) is 0 Å². The number of rotatable bonds is 3. The van der Waals surface area contributed by atoms with Crippen molar-refractivity contribution in [2.45, 2.75) is 12.8 Å². The quantitative estimate of drug-likeness (QED) is 0.744. The van der Waals surface area contributed by atoms with E-state index in [-0.39, 0.29) is 0 Å². The van der Waals surface area contributed by atoms with E-state index in [4.69, 9.17) is 4.74 Å². The van der Waals surface area contributed by atoms with Gasteiger partial charge < -0.3 is 4.74 Å². The molecule has 14 heavy (non-hydrogen) atoms. The predicted molar refractivity (Wildman–Crippen MR) is 61.5 cm³/mol. The number of halogens is 1. The second kappa shape index (κ2) is 4.65. The lowest BCUT2D eigenvalue weighted by molar-refractivity contribution is 0.256. The van der Waals surface area contributed by atoms with Gasteiger partial charge in [0.05, 0.1) is 6.61 Å². The van der Waals surface area contributed by atoms with Gasteiger partial charge in [-0.15, -0.1) is 0 Å². The van der Waals surface area contributed by atoms with E-state index in [0.29, 0.717) is 5.92 Å². The number of hydrogen-bond donors (Lipinski definition) is 0. The predicted octanol–water partition coefficient (Wildman–Crippen LogP) is 3.79. The summed E-state index contributed by atoms with van der Waals surface area (Å²) in [4.78, 5) is 0. The summed E-state index contributed by atoms with van der Waals surface area (Å²) in [5, 5.41) is 0. The summed E-state index contributed by atoms with van der Waals surface area (Å²) >= 11 is 3.42. The van der Waals surface area contributed by atoms with Crippen LogP contribution < -0.4 is 4.74 Å². The molecule has 0 fully saturated rings. The molecule has 0 unspecified atom stereocenters. The molecular formula is C12H13BrO. The lowest BCUT2D eigenvalue weighted by Crippen LogP contribution is -2.08. The fourth-order valence-electron chi connectivity index (χ4n) is 1.58. The molecule has 0 saturated carbocycles. The Morgan fingerprint density at radius 2 is 2.07 bits per heavy atom. The molecule has 2 rings (SSSR count). The zero-order chi connectivity index (χ0) is 9.80. The Morgan fingerprint density at radius 3 is 2.79 bits per heavy atom. The summed E-state index contributed by atoms with van der Waals surface area (Å²) in [5.74, 6) is 1.63. The van der Waals surface area contributed by atoms with Gasteiger partial charge in [0.1, 0.15) is 5.75 Å². The molecule has 0 radical (unpaired) electrons. The van der Waals surface area contributed by atoms with Gasteiger partial charge in [0.15, 0.2) is 0 Å². The minimum absolute atomic E-state index is 0.675. The molecule has 0 saturated heterocycles. The molecule has 0 heterocycles. The highest BCUT2D eigenvalue weighted by molar-refractivity contribution is 9.10. The van der Waals surface area contributed by atoms with Crippen molar-refractivity contribution in [1.82, 2.24) is 0 Å². The summed E-state index contributed by atoms with van der Waals surface area (Å²) in [6.07, 6.45) is 6.78. The third kappa shape index (κ3) is 2.61. The Hall–Kier alpha value is -0.760. The number of benzene rings is 1. The van der Waals surface area contributed by atoms with E-state index in [0.717, 1.165) is 29.7 Å². The average Bonchev–Trinajstić information content (AvgIpc) is 2.67. The van der Waals surface area contributed by atoms with Crippen molar-refractivity contribution in [2.75, 3.05) is 6.61 Å². The van der Waals surface area contributed by atoms with E-state index in [9.17, 15) is 0 Å².